The van der Waals surface area contributed by atoms with E-state index in [0.29, 0.717) is 13.0 Å². The molecule has 18 heavy (non-hydrogen) atoms. The van der Waals surface area contributed by atoms with E-state index in [1.165, 1.54) is 6.07 Å². The first-order valence-electron chi connectivity index (χ1n) is 6.01. The SMILES string of the molecule is COC(C)(C)CCOCC(O)c1ccccc1F. The Morgan fingerprint density at radius 2 is 2.00 bits per heavy atom. The molecule has 4 heteroatoms. The van der Waals surface area contributed by atoms with Gasteiger partial charge >= 0.3 is 0 Å². The van der Waals surface area contributed by atoms with Crippen LogP contribution in [-0.2, 0) is 9.47 Å². The molecule has 0 aliphatic carbocycles. The lowest BCUT2D eigenvalue weighted by molar-refractivity contribution is -0.0253. The van der Waals surface area contributed by atoms with Crippen molar-refractivity contribution in [2.45, 2.75) is 32.0 Å². The molecule has 3 nitrogen and oxygen atoms in total. The summed E-state index contributed by atoms with van der Waals surface area (Å²) in [5.74, 6) is -0.411. The third-order valence-electron chi connectivity index (χ3n) is 2.94. The van der Waals surface area contributed by atoms with Gasteiger partial charge < -0.3 is 14.6 Å². The molecule has 0 radical (unpaired) electrons. The van der Waals surface area contributed by atoms with Crippen LogP contribution in [0, 0.1) is 5.82 Å². The Kier molecular flexibility index (Phi) is 5.72. The van der Waals surface area contributed by atoms with Gasteiger partial charge in [-0.3, -0.25) is 0 Å². The standard InChI is InChI=1S/C14H21FO3/c1-14(2,17-3)8-9-18-10-13(16)11-6-4-5-7-12(11)15/h4-7,13,16H,8-10H2,1-3H3. The molecule has 0 aromatic heterocycles. The van der Waals surface area contributed by atoms with E-state index in [4.69, 9.17) is 9.47 Å². The number of hydrogen-bond acceptors (Lipinski definition) is 3. The Bertz CT molecular complexity index is 366. The molecule has 1 rings (SSSR count). The second-order valence-electron chi connectivity index (χ2n) is 4.83. The zero-order chi connectivity index (χ0) is 13.6. The van der Waals surface area contributed by atoms with Gasteiger partial charge in [-0.2, -0.15) is 0 Å². The number of aliphatic hydroxyl groups is 1. The lowest BCUT2D eigenvalue weighted by Gasteiger charge is -2.22. The highest BCUT2D eigenvalue weighted by Gasteiger charge is 2.17. The average Bonchev–Trinajstić information content (AvgIpc) is 2.35. The highest BCUT2D eigenvalue weighted by Crippen LogP contribution is 2.18. The monoisotopic (exact) mass is 256 g/mol. The molecule has 1 aromatic carbocycles. The van der Waals surface area contributed by atoms with Gasteiger partial charge in [0.15, 0.2) is 0 Å². The normalized spacial score (nSPS) is 13.6. The summed E-state index contributed by atoms with van der Waals surface area (Å²) in [6, 6.07) is 6.16. The fourth-order valence-corrected chi connectivity index (χ4v) is 1.45. The van der Waals surface area contributed by atoms with Crippen LogP contribution >= 0.6 is 0 Å². The van der Waals surface area contributed by atoms with Crippen molar-refractivity contribution < 1.29 is 19.0 Å². The summed E-state index contributed by atoms with van der Waals surface area (Å²) in [5, 5.41) is 9.79. The van der Waals surface area contributed by atoms with Crippen LogP contribution in [0.2, 0.25) is 0 Å². The lowest BCUT2D eigenvalue weighted by atomic mass is 10.1. The molecule has 1 aromatic rings. The van der Waals surface area contributed by atoms with Gasteiger partial charge in [-0.15, -0.1) is 0 Å². The smallest absolute Gasteiger partial charge is 0.129 e. The minimum atomic E-state index is -0.933. The first-order chi connectivity index (χ1) is 8.46. The summed E-state index contributed by atoms with van der Waals surface area (Å²) >= 11 is 0. The fourth-order valence-electron chi connectivity index (χ4n) is 1.45. The van der Waals surface area contributed by atoms with Crippen molar-refractivity contribution in [1.29, 1.82) is 0 Å². The summed E-state index contributed by atoms with van der Waals surface area (Å²) < 4.78 is 23.9. The molecule has 0 amide bonds. The minimum absolute atomic E-state index is 0.0841. The molecule has 1 atom stereocenters. The first-order valence-corrected chi connectivity index (χ1v) is 6.01. The topological polar surface area (TPSA) is 38.7 Å². The summed E-state index contributed by atoms with van der Waals surface area (Å²) in [5.41, 5.74) is 0.0201. The van der Waals surface area contributed by atoms with Gasteiger partial charge in [0, 0.05) is 19.3 Å². The van der Waals surface area contributed by atoms with E-state index in [0.717, 1.165) is 0 Å². The van der Waals surface area contributed by atoms with Gasteiger partial charge in [0.1, 0.15) is 11.9 Å². The molecule has 0 fully saturated rings. The molecule has 102 valence electrons. The molecule has 0 heterocycles. The van der Waals surface area contributed by atoms with Gasteiger partial charge in [-0.25, -0.2) is 4.39 Å². The Morgan fingerprint density at radius 3 is 2.61 bits per heavy atom. The molecular weight excluding hydrogens is 235 g/mol. The third kappa shape index (κ3) is 4.72. The van der Waals surface area contributed by atoms with E-state index >= 15 is 0 Å². The van der Waals surface area contributed by atoms with Crippen LogP contribution in [0.4, 0.5) is 4.39 Å². The molecule has 1 unspecified atom stereocenters. The maximum atomic E-state index is 13.4. The molecule has 0 aliphatic heterocycles. The van der Waals surface area contributed by atoms with Gasteiger partial charge in [-0.05, 0) is 26.3 Å². The Labute approximate surface area is 108 Å². The number of methoxy groups -OCH3 is 1. The Hall–Kier alpha value is -0.970. The van der Waals surface area contributed by atoms with Crippen molar-refractivity contribution in [1.82, 2.24) is 0 Å². The average molecular weight is 256 g/mol. The van der Waals surface area contributed by atoms with E-state index < -0.39 is 11.9 Å². The van der Waals surface area contributed by atoms with Crippen molar-refractivity contribution in [3.05, 3.63) is 35.6 Å². The van der Waals surface area contributed by atoms with Crippen LogP contribution in [0.1, 0.15) is 31.9 Å². The summed E-state index contributed by atoms with van der Waals surface area (Å²) in [6.07, 6.45) is -0.218. The molecular formula is C14H21FO3. The Balaban J connectivity index is 2.34. The molecule has 0 bridgehead atoms. The molecule has 0 spiro atoms. The first kappa shape index (κ1) is 15.1. The second-order valence-corrected chi connectivity index (χ2v) is 4.83. The Morgan fingerprint density at radius 1 is 1.33 bits per heavy atom. The van der Waals surface area contributed by atoms with Gasteiger partial charge in [-0.1, -0.05) is 18.2 Å². The highest BCUT2D eigenvalue weighted by molar-refractivity contribution is 5.19. The van der Waals surface area contributed by atoms with Crippen LogP contribution in [0.25, 0.3) is 0 Å². The number of rotatable bonds is 7. The highest BCUT2D eigenvalue weighted by atomic mass is 19.1. The molecule has 0 saturated heterocycles. The van der Waals surface area contributed by atoms with Crippen molar-refractivity contribution in [2.75, 3.05) is 20.3 Å². The maximum absolute atomic E-state index is 13.4. The quantitative estimate of drug-likeness (QED) is 0.762. The lowest BCUT2D eigenvalue weighted by Crippen LogP contribution is -2.25. The van der Waals surface area contributed by atoms with E-state index in [9.17, 15) is 9.50 Å². The van der Waals surface area contributed by atoms with Crippen LogP contribution in [0.5, 0.6) is 0 Å². The number of ether oxygens (including phenoxy) is 2. The van der Waals surface area contributed by atoms with Crippen LogP contribution in [-0.4, -0.2) is 31.0 Å². The van der Waals surface area contributed by atoms with E-state index in [2.05, 4.69) is 0 Å². The number of aliphatic hydroxyl groups excluding tert-OH is 1. The van der Waals surface area contributed by atoms with Gasteiger partial charge in [0.2, 0.25) is 0 Å². The van der Waals surface area contributed by atoms with E-state index in [-0.39, 0.29) is 17.8 Å². The number of hydrogen-bond donors (Lipinski definition) is 1. The van der Waals surface area contributed by atoms with Crippen molar-refractivity contribution in [3.8, 4) is 0 Å². The van der Waals surface area contributed by atoms with Gasteiger partial charge in [0.05, 0.1) is 12.2 Å². The maximum Gasteiger partial charge on any atom is 0.129 e. The second kappa shape index (κ2) is 6.83. The summed E-state index contributed by atoms with van der Waals surface area (Å²) in [4.78, 5) is 0. The van der Waals surface area contributed by atoms with Crippen LogP contribution in [0.15, 0.2) is 24.3 Å². The number of halogens is 1. The van der Waals surface area contributed by atoms with E-state index in [1.807, 2.05) is 13.8 Å². The largest absolute Gasteiger partial charge is 0.386 e. The molecule has 0 aliphatic rings. The number of benzene rings is 1. The third-order valence-corrected chi connectivity index (χ3v) is 2.94. The summed E-state index contributed by atoms with van der Waals surface area (Å²) in [7, 11) is 1.65. The zero-order valence-electron chi connectivity index (χ0n) is 11.1. The molecule has 1 N–H and O–H groups in total. The zero-order valence-corrected chi connectivity index (χ0v) is 11.1. The fraction of sp³-hybridized carbons (Fsp3) is 0.571. The van der Waals surface area contributed by atoms with Crippen molar-refractivity contribution in [2.24, 2.45) is 0 Å². The predicted octanol–water partition coefficient (Wildman–Crippen LogP) is 2.69. The van der Waals surface area contributed by atoms with Crippen LogP contribution < -0.4 is 0 Å². The van der Waals surface area contributed by atoms with Gasteiger partial charge in [0.25, 0.3) is 0 Å². The van der Waals surface area contributed by atoms with E-state index in [1.54, 1.807) is 25.3 Å². The van der Waals surface area contributed by atoms with Crippen molar-refractivity contribution >= 4 is 0 Å². The van der Waals surface area contributed by atoms with Crippen molar-refractivity contribution in [3.63, 3.8) is 0 Å². The molecule has 0 saturated carbocycles. The summed E-state index contributed by atoms with van der Waals surface area (Å²) in [6.45, 7) is 4.47. The van der Waals surface area contributed by atoms with Crippen LogP contribution in [0.3, 0.4) is 0 Å². The minimum Gasteiger partial charge on any atom is -0.386 e. The predicted molar refractivity (Wildman–Crippen MR) is 67.9 cm³/mol.